The standard InChI is InChI=1S/C26H33N5O2/c1-17-12-18(2)26(19(3)13-17)28-24(32)14-27-25(33)16-30(6)15-23-20(4)29-31(21(23)5)22-10-8-7-9-11-22/h7-13H,14-16H2,1-6H3,(H,27,33)(H,28,32). The van der Waals surface area contributed by atoms with Crippen molar-refractivity contribution in [3.63, 3.8) is 0 Å². The van der Waals surface area contributed by atoms with Crippen LogP contribution < -0.4 is 10.6 Å². The first kappa shape index (κ1) is 24.2. The van der Waals surface area contributed by atoms with Crippen LogP contribution >= 0.6 is 0 Å². The van der Waals surface area contributed by atoms with E-state index in [0.717, 1.165) is 45.0 Å². The minimum absolute atomic E-state index is 0.0660. The highest BCUT2D eigenvalue weighted by Gasteiger charge is 2.16. The van der Waals surface area contributed by atoms with Gasteiger partial charge >= 0.3 is 0 Å². The number of rotatable bonds is 8. The van der Waals surface area contributed by atoms with Crippen molar-refractivity contribution in [1.29, 1.82) is 0 Å². The van der Waals surface area contributed by atoms with E-state index in [1.165, 1.54) is 0 Å². The maximum absolute atomic E-state index is 12.4. The Hall–Kier alpha value is -3.45. The van der Waals surface area contributed by atoms with Crippen LogP contribution in [0.1, 0.15) is 33.6 Å². The molecule has 2 aromatic carbocycles. The van der Waals surface area contributed by atoms with Gasteiger partial charge in [0.2, 0.25) is 11.8 Å². The minimum atomic E-state index is -0.239. The van der Waals surface area contributed by atoms with Crippen molar-refractivity contribution in [3.8, 4) is 5.69 Å². The zero-order valence-corrected chi connectivity index (χ0v) is 20.3. The first-order chi connectivity index (χ1) is 15.7. The van der Waals surface area contributed by atoms with Crippen molar-refractivity contribution in [3.05, 3.63) is 76.1 Å². The Morgan fingerprint density at radius 1 is 0.970 bits per heavy atom. The second kappa shape index (κ2) is 10.4. The van der Waals surface area contributed by atoms with Crippen LogP contribution in [0.4, 0.5) is 5.69 Å². The van der Waals surface area contributed by atoms with E-state index in [0.29, 0.717) is 6.54 Å². The van der Waals surface area contributed by atoms with Gasteiger partial charge in [0.15, 0.2) is 0 Å². The molecule has 0 saturated heterocycles. The van der Waals surface area contributed by atoms with Gasteiger partial charge in [-0.15, -0.1) is 0 Å². The summed E-state index contributed by atoms with van der Waals surface area (Å²) in [5, 5.41) is 10.3. The Morgan fingerprint density at radius 3 is 2.24 bits per heavy atom. The molecule has 0 aliphatic heterocycles. The van der Waals surface area contributed by atoms with Crippen molar-refractivity contribution in [2.75, 3.05) is 25.5 Å². The largest absolute Gasteiger partial charge is 0.346 e. The van der Waals surface area contributed by atoms with E-state index in [-0.39, 0.29) is 24.9 Å². The molecule has 7 nitrogen and oxygen atoms in total. The van der Waals surface area contributed by atoms with Gasteiger partial charge in [0.05, 0.1) is 24.5 Å². The number of hydrogen-bond acceptors (Lipinski definition) is 4. The zero-order valence-electron chi connectivity index (χ0n) is 20.3. The molecule has 2 amide bonds. The van der Waals surface area contributed by atoms with Gasteiger partial charge in [-0.2, -0.15) is 5.10 Å². The molecule has 3 rings (SSSR count). The first-order valence-corrected chi connectivity index (χ1v) is 11.1. The van der Waals surface area contributed by atoms with Gasteiger partial charge in [-0.05, 0) is 64.9 Å². The van der Waals surface area contributed by atoms with Gasteiger partial charge in [-0.1, -0.05) is 35.9 Å². The number of carbonyl (C=O) groups is 2. The summed E-state index contributed by atoms with van der Waals surface area (Å²) < 4.78 is 1.93. The third-order valence-corrected chi connectivity index (χ3v) is 5.67. The van der Waals surface area contributed by atoms with Crippen LogP contribution in [0.5, 0.6) is 0 Å². The summed E-state index contributed by atoms with van der Waals surface area (Å²) in [4.78, 5) is 26.7. The second-order valence-corrected chi connectivity index (χ2v) is 8.67. The van der Waals surface area contributed by atoms with Crippen LogP contribution in [-0.4, -0.2) is 46.6 Å². The summed E-state index contributed by atoms with van der Waals surface area (Å²) >= 11 is 0. The van der Waals surface area contributed by atoms with E-state index < -0.39 is 0 Å². The Kier molecular flexibility index (Phi) is 7.66. The zero-order chi connectivity index (χ0) is 24.1. The van der Waals surface area contributed by atoms with Crippen LogP contribution in [0.2, 0.25) is 0 Å². The molecule has 1 aromatic heterocycles. The molecule has 0 bridgehead atoms. The highest BCUT2D eigenvalue weighted by Crippen LogP contribution is 2.22. The van der Waals surface area contributed by atoms with Gasteiger partial charge in [-0.25, -0.2) is 4.68 Å². The lowest BCUT2D eigenvalue weighted by molar-refractivity contribution is -0.124. The van der Waals surface area contributed by atoms with Crippen molar-refractivity contribution in [2.45, 2.75) is 41.2 Å². The predicted molar refractivity (Wildman–Crippen MR) is 132 cm³/mol. The number of aromatic nitrogens is 2. The number of benzene rings is 2. The molecule has 2 N–H and O–H groups in total. The molecule has 0 saturated carbocycles. The monoisotopic (exact) mass is 447 g/mol. The summed E-state index contributed by atoms with van der Waals surface area (Å²) in [5.41, 5.74) is 8.06. The fourth-order valence-corrected chi connectivity index (χ4v) is 4.09. The second-order valence-electron chi connectivity index (χ2n) is 8.67. The topological polar surface area (TPSA) is 79.3 Å². The van der Waals surface area contributed by atoms with Crippen molar-refractivity contribution in [1.82, 2.24) is 20.0 Å². The SMILES string of the molecule is Cc1cc(C)c(NC(=O)CNC(=O)CN(C)Cc2c(C)nn(-c3ccccc3)c2C)c(C)c1. The summed E-state index contributed by atoms with van der Waals surface area (Å²) in [6, 6.07) is 14.0. The maximum atomic E-state index is 12.4. The molecule has 0 fully saturated rings. The average molecular weight is 448 g/mol. The van der Waals surface area contributed by atoms with Gasteiger partial charge in [0.25, 0.3) is 0 Å². The molecule has 174 valence electrons. The van der Waals surface area contributed by atoms with Gasteiger partial charge in [-0.3, -0.25) is 14.5 Å². The fraction of sp³-hybridized carbons (Fsp3) is 0.346. The number of hydrogen-bond donors (Lipinski definition) is 2. The van der Waals surface area contributed by atoms with E-state index in [9.17, 15) is 9.59 Å². The normalized spacial score (nSPS) is 11.0. The molecule has 7 heteroatoms. The van der Waals surface area contributed by atoms with E-state index in [2.05, 4.69) is 15.7 Å². The molecule has 0 radical (unpaired) electrons. The molecular formula is C26H33N5O2. The Balaban J connectivity index is 1.53. The third-order valence-electron chi connectivity index (χ3n) is 5.67. The lowest BCUT2D eigenvalue weighted by Gasteiger charge is -2.17. The number of nitrogens with one attached hydrogen (secondary N) is 2. The summed E-state index contributed by atoms with van der Waals surface area (Å²) in [6.07, 6.45) is 0. The smallest absolute Gasteiger partial charge is 0.243 e. The number of aryl methyl sites for hydroxylation is 4. The van der Waals surface area contributed by atoms with Crippen LogP contribution in [-0.2, 0) is 16.1 Å². The lowest BCUT2D eigenvalue weighted by atomic mass is 10.1. The molecular weight excluding hydrogens is 414 g/mol. The van der Waals surface area contributed by atoms with Crippen LogP contribution in [0.25, 0.3) is 5.69 Å². The maximum Gasteiger partial charge on any atom is 0.243 e. The van der Waals surface area contributed by atoms with Crippen LogP contribution in [0.15, 0.2) is 42.5 Å². The fourth-order valence-electron chi connectivity index (χ4n) is 4.09. The van der Waals surface area contributed by atoms with Gasteiger partial charge in [0.1, 0.15) is 0 Å². The molecule has 0 unspecified atom stereocenters. The lowest BCUT2D eigenvalue weighted by Crippen LogP contribution is -2.39. The van der Waals surface area contributed by atoms with Crippen LogP contribution in [0, 0.1) is 34.6 Å². The molecule has 0 aliphatic rings. The predicted octanol–water partition coefficient (Wildman–Crippen LogP) is 3.60. The van der Waals surface area contributed by atoms with E-state index in [1.54, 1.807) is 0 Å². The number of amides is 2. The number of anilines is 1. The first-order valence-electron chi connectivity index (χ1n) is 11.1. The minimum Gasteiger partial charge on any atom is -0.346 e. The quantitative estimate of drug-likeness (QED) is 0.553. The highest BCUT2D eigenvalue weighted by atomic mass is 16.2. The molecule has 0 aliphatic carbocycles. The number of nitrogens with zero attached hydrogens (tertiary/aromatic N) is 3. The molecule has 1 heterocycles. The summed E-state index contributed by atoms with van der Waals surface area (Å²) in [6.45, 7) is 10.7. The average Bonchev–Trinajstić information content (AvgIpc) is 3.03. The van der Waals surface area contributed by atoms with Crippen molar-refractivity contribution >= 4 is 17.5 Å². The molecule has 33 heavy (non-hydrogen) atoms. The van der Waals surface area contributed by atoms with Gasteiger partial charge in [0, 0.05) is 23.5 Å². The van der Waals surface area contributed by atoms with Crippen LogP contribution in [0.3, 0.4) is 0 Å². The molecule has 0 atom stereocenters. The number of para-hydroxylation sites is 1. The highest BCUT2D eigenvalue weighted by molar-refractivity contribution is 5.96. The number of likely N-dealkylation sites (N-methyl/N-ethyl adjacent to an activating group) is 1. The Bertz CT molecular complexity index is 1130. The van der Waals surface area contributed by atoms with Crippen molar-refractivity contribution < 1.29 is 9.59 Å². The Morgan fingerprint density at radius 2 is 1.61 bits per heavy atom. The molecule has 3 aromatic rings. The van der Waals surface area contributed by atoms with E-state index in [1.807, 2.05) is 93.7 Å². The van der Waals surface area contributed by atoms with Crippen molar-refractivity contribution in [2.24, 2.45) is 0 Å². The van der Waals surface area contributed by atoms with E-state index >= 15 is 0 Å². The van der Waals surface area contributed by atoms with Gasteiger partial charge < -0.3 is 10.6 Å². The van der Waals surface area contributed by atoms with E-state index in [4.69, 9.17) is 0 Å². The Labute approximate surface area is 195 Å². The third kappa shape index (κ3) is 6.08. The summed E-state index contributed by atoms with van der Waals surface area (Å²) in [5.74, 6) is -0.437. The molecule has 0 spiro atoms. The summed E-state index contributed by atoms with van der Waals surface area (Å²) in [7, 11) is 1.89. The number of carbonyl (C=O) groups excluding carboxylic acids is 2.